The first-order valence-electron chi connectivity index (χ1n) is 7.64. The molecule has 3 rings (SSSR count). The third-order valence-electron chi connectivity index (χ3n) is 4.23. The molecule has 2 atom stereocenters. The fourth-order valence-electron chi connectivity index (χ4n) is 3.04. The molecule has 1 aromatic rings. The van der Waals surface area contributed by atoms with Gasteiger partial charge in [0, 0.05) is 13.1 Å². The highest BCUT2D eigenvalue weighted by Gasteiger charge is 2.32. The van der Waals surface area contributed by atoms with Crippen molar-refractivity contribution >= 4 is 17.5 Å². The summed E-state index contributed by atoms with van der Waals surface area (Å²) in [5.74, 6) is 0.760. The summed E-state index contributed by atoms with van der Waals surface area (Å²) in [6.45, 7) is 4.11. The largest absolute Gasteiger partial charge is 0.478 e. The highest BCUT2D eigenvalue weighted by Crippen LogP contribution is 2.34. The number of amides is 2. The Balaban J connectivity index is 1.82. The average Bonchev–Trinajstić information content (AvgIpc) is 2.96. The van der Waals surface area contributed by atoms with E-state index >= 15 is 0 Å². The summed E-state index contributed by atoms with van der Waals surface area (Å²) in [5, 5.41) is 5.94. The second-order valence-electron chi connectivity index (χ2n) is 5.90. The van der Waals surface area contributed by atoms with Gasteiger partial charge in [0.1, 0.15) is 0 Å². The maximum Gasteiger partial charge on any atom is 0.265 e. The zero-order valence-electron chi connectivity index (χ0n) is 12.9. The van der Waals surface area contributed by atoms with Gasteiger partial charge in [0.25, 0.3) is 11.8 Å². The predicted octanol–water partition coefficient (Wildman–Crippen LogP) is 1.09. The van der Waals surface area contributed by atoms with Gasteiger partial charge in [0.05, 0.1) is 11.3 Å². The van der Waals surface area contributed by atoms with E-state index in [1.165, 1.54) is 0 Å². The van der Waals surface area contributed by atoms with Crippen LogP contribution in [0.2, 0.25) is 0 Å². The van der Waals surface area contributed by atoms with E-state index in [9.17, 15) is 9.59 Å². The van der Waals surface area contributed by atoms with Crippen molar-refractivity contribution in [3.05, 3.63) is 23.8 Å². The summed E-state index contributed by atoms with van der Waals surface area (Å²) < 4.78 is 5.66. The molecule has 2 heterocycles. The monoisotopic (exact) mass is 303 g/mol. The molecule has 2 aliphatic heterocycles. The Morgan fingerprint density at radius 1 is 1.50 bits per heavy atom. The van der Waals surface area contributed by atoms with E-state index in [1.807, 2.05) is 11.9 Å². The lowest BCUT2D eigenvalue weighted by Gasteiger charge is -2.26. The van der Waals surface area contributed by atoms with E-state index in [-0.39, 0.29) is 11.8 Å². The van der Waals surface area contributed by atoms with Crippen molar-refractivity contribution in [2.75, 3.05) is 32.0 Å². The Bertz CT molecular complexity index is 602. The second kappa shape index (κ2) is 5.96. The minimum Gasteiger partial charge on any atom is -0.478 e. The second-order valence-corrected chi connectivity index (χ2v) is 5.90. The third-order valence-corrected chi connectivity index (χ3v) is 4.23. The lowest BCUT2D eigenvalue weighted by atomic mass is 10.1. The van der Waals surface area contributed by atoms with Gasteiger partial charge < -0.3 is 20.3 Å². The Hall–Kier alpha value is -2.08. The fraction of sp³-hybridized carbons (Fsp3) is 0.500. The van der Waals surface area contributed by atoms with Crippen LogP contribution >= 0.6 is 0 Å². The number of rotatable bonds is 3. The molecule has 1 aromatic carbocycles. The van der Waals surface area contributed by atoms with Crippen LogP contribution in [0, 0.1) is 5.92 Å². The number of hydrogen-bond acceptors (Lipinski definition) is 4. The van der Waals surface area contributed by atoms with Crippen LogP contribution in [-0.2, 0) is 4.79 Å². The van der Waals surface area contributed by atoms with Crippen LogP contribution in [0.1, 0.15) is 23.7 Å². The molecule has 118 valence electrons. The Kier molecular flexibility index (Phi) is 4.02. The van der Waals surface area contributed by atoms with Gasteiger partial charge in [0.2, 0.25) is 0 Å². The summed E-state index contributed by atoms with van der Waals surface area (Å²) >= 11 is 0. The minimum atomic E-state index is -0.586. The van der Waals surface area contributed by atoms with Gasteiger partial charge in [-0.3, -0.25) is 9.59 Å². The molecule has 6 heteroatoms. The first kappa shape index (κ1) is 14.8. The third kappa shape index (κ3) is 2.66. The molecule has 22 heavy (non-hydrogen) atoms. The first-order chi connectivity index (χ1) is 10.6. The zero-order chi connectivity index (χ0) is 15.7. The number of nitrogens with zero attached hydrogens (tertiary/aromatic N) is 1. The molecular formula is C16H21N3O3. The summed E-state index contributed by atoms with van der Waals surface area (Å²) in [6.07, 6.45) is 0.423. The highest BCUT2D eigenvalue weighted by molar-refractivity contribution is 6.04. The van der Waals surface area contributed by atoms with Crippen LogP contribution in [-0.4, -0.2) is 49.5 Å². The molecule has 1 saturated heterocycles. The lowest BCUT2D eigenvalue weighted by molar-refractivity contribution is -0.122. The maximum absolute atomic E-state index is 12.8. The molecule has 1 fully saturated rings. The van der Waals surface area contributed by atoms with Crippen molar-refractivity contribution in [3.63, 3.8) is 0 Å². The van der Waals surface area contributed by atoms with Crippen LogP contribution < -0.4 is 15.4 Å². The Labute approximate surface area is 129 Å². The summed E-state index contributed by atoms with van der Waals surface area (Å²) in [6, 6.07) is 5.29. The van der Waals surface area contributed by atoms with Crippen molar-refractivity contribution in [3.8, 4) is 5.75 Å². The molecule has 2 N–H and O–H groups in total. The quantitative estimate of drug-likeness (QED) is 0.877. The molecule has 0 aromatic heterocycles. The SMILES string of the molecule is CNCC1CCN(C(=O)c2cccc3c2OC(C)C(=O)N3)C1. The normalized spacial score (nSPS) is 23.7. The number of likely N-dealkylation sites (tertiary alicyclic amines) is 1. The van der Waals surface area contributed by atoms with Crippen LogP contribution in [0.4, 0.5) is 5.69 Å². The van der Waals surface area contributed by atoms with Crippen molar-refractivity contribution in [2.24, 2.45) is 5.92 Å². The van der Waals surface area contributed by atoms with E-state index < -0.39 is 6.10 Å². The van der Waals surface area contributed by atoms with Gasteiger partial charge in [-0.05, 0) is 45.0 Å². The minimum absolute atomic E-state index is 0.0289. The molecule has 2 aliphatic rings. The first-order valence-corrected chi connectivity index (χ1v) is 7.64. The number of para-hydroxylation sites is 1. The number of benzene rings is 1. The van der Waals surface area contributed by atoms with Crippen molar-refractivity contribution in [1.82, 2.24) is 10.2 Å². The molecule has 0 spiro atoms. The average molecular weight is 303 g/mol. The number of fused-ring (bicyclic) bond motifs is 1. The molecule has 0 radical (unpaired) electrons. The zero-order valence-corrected chi connectivity index (χ0v) is 12.9. The number of ether oxygens (including phenoxy) is 1. The van der Waals surface area contributed by atoms with E-state index in [2.05, 4.69) is 10.6 Å². The predicted molar refractivity (Wildman–Crippen MR) is 83.1 cm³/mol. The van der Waals surface area contributed by atoms with Crippen LogP contribution in [0.25, 0.3) is 0 Å². The Morgan fingerprint density at radius 3 is 3.09 bits per heavy atom. The van der Waals surface area contributed by atoms with Crippen molar-refractivity contribution in [2.45, 2.75) is 19.4 Å². The lowest BCUT2D eigenvalue weighted by Crippen LogP contribution is -2.36. The van der Waals surface area contributed by atoms with Gasteiger partial charge in [-0.15, -0.1) is 0 Å². The smallest absolute Gasteiger partial charge is 0.265 e. The van der Waals surface area contributed by atoms with E-state index in [0.29, 0.717) is 22.9 Å². The molecule has 0 saturated carbocycles. The van der Waals surface area contributed by atoms with Gasteiger partial charge in [-0.1, -0.05) is 6.07 Å². The molecule has 2 unspecified atom stereocenters. The fourth-order valence-corrected chi connectivity index (χ4v) is 3.04. The number of carbonyl (C=O) groups excluding carboxylic acids is 2. The van der Waals surface area contributed by atoms with E-state index in [1.54, 1.807) is 25.1 Å². The topological polar surface area (TPSA) is 70.7 Å². The summed E-state index contributed by atoms with van der Waals surface area (Å²) in [4.78, 5) is 26.3. The molecule has 0 aliphatic carbocycles. The van der Waals surface area contributed by atoms with Gasteiger partial charge in [-0.25, -0.2) is 0 Å². The van der Waals surface area contributed by atoms with E-state index in [0.717, 1.165) is 26.1 Å². The Morgan fingerprint density at radius 2 is 2.32 bits per heavy atom. The van der Waals surface area contributed by atoms with Crippen LogP contribution in [0.5, 0.6) is 5.75 Å². The number of carbonyl (C=O) groups is 2. The number of hydrogen-bond donors (Lipinski definition) is 2. The molecule has 6 nitrogen and oxygen atoms in total. The van der Waals surface area contributed by atoms with E-state index in [4.69, 9.17) is 4.74 Å². The van der Waals surface area contributed by atoms with Crippen molar-refractivity contribution < 1.29 is 14.3 Å². The number of anilines is 1. The maximum atomic E-state index is 12.8. The standard InChI is InChI=1S/C16H21N3O3/c1-10-15(20)18-13-5-3-4-12(14(13)22-10)16(21)19-7-6-11(9-19)8-17-2/h3-5,10-11,17H,6-9H2,1-2H3,(H,18,20). The van der Waals surface area contributed by atoms with Crippen LogP contribution in [0.3, 0.4) is 0 Å². The molecule has 2 amide bonds. The molecular weight excluding hydrogens is 282 g/mol. The number of nitrogens with one attached hydrogen (secondary N) is 2. The van der Waals surface area contributed by atoms with Gasteiger partial charge in [-0.2, -0.15) is 0 Å². The van der Waals surface area contributed by atoms with Gasteiger partial charge >= 0.3 is 0 Å². The highest BCUT2D eigenvalue weighted by atomic mass is 16.5. The molecule has 0 bridgehead atoms. The van der Waals surface area contributed by atoms with Crippen molar-refractivity contribution in [1.29, 1.82) is 0 Å². The summed E-state index contributed by atoms with van der Waals surface area (Å²) in [5.41, 5.74) is 1.09. The van der Waals surface area contributed by atoms with Gasteiger partial charge in [0.15, 0.2) is 11.9 Å². The summed E-state index contributed by atoms with van der Waals surface area (Å²) in [7, 11) is 1.93. The van der Waals surface area contributed by atoms with Crippen LogP contribution in [0.15, 0.2) is 18.2 Å².